The molecule has 0 aliphatic heterocycles. The highest BCUT2D eigenvalue weighted by atomic mass is 16.5. The predicted molar refractivity (Wildman–Crippen MR) is 372 cm³/mol. The fraction of sp³-hybridized carbons (Fsp3) is 0.883. The van der Waals surface area contributed by atoms with Crippen molar-refractivity contribution in [1.29, 1.82) is 0 Å². The summed E-state index contributed by atoms with van der Waals surface area (Å²) < 4.78 is 9.64. The average molecular weight is 1330 g/mol. The third kappa shape index (κ3) is 13.3. The molecule has 18 nitrogen and oxygen atoms in total. The number of nitrogens with zero attached hydrogens (tertiary/aromatic N) is 3. The zero-order valence-corrected chi connectivity index (χ0v) is 57.8. The number of aliphatic carboxylic acids is 1. The summed E-state index contributed by atoms with van der Waals surface area (Å²) >= 11 is 0. The van der Waals surface area contributed by atoms with Gasteiger partial charge in [0.25, 0.3) is 0 Å². The molecule has 0 heterocycles. The largest absolute Gasteiger partial charge is 0.481 e. The molecular weight excluding hydrogens is 1200 g/mol. The topological polar surface area (TPSA) is 317 Å². The Hall–Kier alpha value is -4.29. The van der Waals surface area contributed by atoms with Crippen LogP contribution in [0, 0.1) is 139 Å². The van der Waals surface area contributed by atoms with Gasteiger partial charge in [0.1, 0.15) is 17.3 Å². The maximum atomic E-state index is 13.7. The van der Waals surface area contributed by atoms with Crippen molar-refractivity contribution < 1.29 is 59.0 Å². The van der Waals surface area contributed by atoms with E-state index in [2.05, 4.69) is 77.8 Å². The van der Waals surface area contributed by atoms with Crippen molar-refractivity contribution in [3.63, 3.8) is 0 Å². The van der Waals surface area contributed by atoms with Crippen LogP contribution in [0.15, 0.2) is 15.5 Å². The fourth-order valence-corrected chi connectivity index (χ4v) is 25.4. The minimum Gasteiger partial charge on any atom is -0.481 e. The molecule has 0 radical (unpaired) electrons. The molecule has 0 aromatic heterocycles. The van der Waals surface area contributed by atoms with Crippen molar-refractivity contribution in [3.05, 3.63) is 0 Å². The molecule has 10 N–H and O–H groups in total. The summed E-state index contributed by atoms with van der Waals surface area (Å²) in [6.45, 7) is 20.4. The standard InChI is InChI=1S/C25H39N3O5.C25H36O5.C24H43N3O2.3CH4/c1-14(5-8-22(29)33-4)17-6-7-18-23-19(13-21(28-32)25(17,18)3)24(2)10-9-16(26-30)11-15(24)12-20(23)27-31;1-14(5-8-22(29)30-4)17-6-7-18-23-19(13-21(28)25(17,18)3)24(2)10-9-16(26)11-15(24)12-20(23)27;1-13(4-7-21(28)29)16-5-6-17-22-18(12-20(27)24(16,17)3)23(2)9-8-15(25)10-14(23)11-19(22)26;;;/h14-15,17-19,23,30-32H,5-13H2,1-4H3;14-15,17-19,23H,5-13H2,1-4H3;13-20,22H,4-12,25-27H2,1-3H3,(H,28,29);3*1H4/b26-16-,27-20?,28-21-;;;;;/t2*14-,15+,17-,18+,19+,23+,24+,25-;13-,14+,15-,16-,17+,18+,19-,20+,22+,23+,24-;;;/m111.../s1. The van der Waals surface area contributed by atoms with E-state index >= 15 is 0 Å². The highest BCUT2D eigenvalue weighted by Crippen LogP contribution is 2.71. The highest BCUT2D eigenvalue weighted by molar-refractivity contribution is 5.98. The maximum Gasteiger partial charge on any atom is 0.305 e. The smallest absolute Gasteiger partial charge is 0.305 e. The van der Waals surface area contributed by atoms with E-state index in [0.717, 1.165) is 113 Å². The van der Waals surface area contributed by atoms with Crippen molar-refractivity contribution >= 4 is 52.4 Å². The number of methoxy groups -OCH3 is 2. The monoisotopic (exact) mass is 1330 g/mol. The van der Waals surface area contributed by atoms with Gasteiger partial charge in [-0.3, -0.25) is 28.8 Å². The van der Waals surface area contributed by atoms with Crippen LogP contribution in [0.1, 0.15) is 258 Å². The number of carbonyl (C=O) groups excluding carboxylic acids is 5. The lowest BCUT2D eigenvalue weighted by molar-refractivity contribution is -0.166. The summed E-state index contributed by atoms with van der Waals surface area (Å²) in [7, 11) is 2.83. The Balaban J connectivity index is 0.000000199. The number of nitrogens with two attached hydrogens (primary N) is 3. The van der Waals surface area contributed by atoms with Crippen LogP contribution in [0.2, 0.25) is 0 Å². The summed E-state index contributed by atoms with van der Waals surface area (Å²) in [5.74, 6) is 5.30. The van der Waals surface area contributed by atoms with Crippen molar-refractivity contribution in [2.24, 2.45) is 172 Å². The summed E-state index contributed by atoms with van der Waals surface area (Å²) in [6, 6.07) is 0.783. The Morgan fingerprint density at radius 1 is 0.537 bits per heavy atom. The fourth-order valence-electron chi connectivity index (χ4n) is 25.4. The first-order valence-electron chi connectivity index (χ1n) is 36.3. The molecule has 12 rings (SSSR count). The molecule has 0 aromatic rings. The van der Waals surface area contributed by atoms with Gasteiger partial charge in [-0.05, 0) is 245 Å². The predicted octanol–water partition coefficient (Wildman–Crippen LogP) is 14.4. The molecule has 12 aliphatic carbocycles. The van der Waals surface area contributed by atoms with Gasteiger partial charge in [-0.25, -0.2) is 0 Å². The Morgan fingerprint density at radius 3 is 1.64 bits per heavy atom. The van der Waals surface area contributed by atoms with E-state index in [9.17, 15) is 44.4 Å². The molecule has 12 saturated carbocycles. The van der Waals surface area contributed by atoms with E-state index in [1.165, 1.54) is 33.5 Å². The minimum atomic E-state index is -0.687. The second-order valence-corrected chi connectivity index (χ2v) is 34.2. The molecule has 0 saturated heterocycles. The van der Waals surface area contributed by atoms with Gasteiger partial charge in [-0.1, -0.05) is 100 Å². The lowest BCUT2D eigenvalue weighted by Gasteiger charge is -2.64. The first kappa shape index (κ1) is 78.1. The normalized spacial score (nSPS) is 45.7. The van der Waals surface area contributed by atoms with Crippen LogP contribution >= 0.6 is 0 Å². The van der Waals surface area contributed by atoms with E-state index in [1.54, 1.807) is 0 Å². The zero-order valence-electron chi connectivity index (χ0n) is 57.8. The Kier molecular flexibility index (Phi) is 24.6. The molecule has 95 heavy (non-hydrogen) atoms. The molecule has 27 atom stereocenters. The quantitative estimate of drug-likeness (QED) is 0.0543. The zero-order chi connectivity index (χ0) is 66.9. The summed E-state index contributed by atoms with van der Waals surface area (Å²) in [6.07, 6.45) is 21.9. The third-order valence-electron chi connectivity index (χ3n) is 30.9. The van der Waals surface area contributed by atoms with Gasteiger partial charge < -0.3 is 47.4 Å². The van der Waals surface area contributed by atoms with Gasteiger partial charge in [0.05, 0.1) is 31.4 Å². The SMILES string of the molecule is C.C.C.COC(=O)CC[C@@H](C)[C@H]1CC[C@H]2[C@@H]3C(=NO)C[C@@H]4C/C(=N\O)CC[C@]4(C)[C@H]3C/C(=N/O)[C@]12C.COC(=O)CC[C@@H](C)[C@H]1CC[C@H]2[C@@H]3C(=O)C[C@@H]4CC(=O)CC[C@]4(C)[C@H]3CC(=O)[C@]12C.C[C@H](CCC(=O)O)[C@H]1CC[C@H]2[C@@H]3[C@H](N)C[C@@H]4C[C@H](N)CC[C@]4(C)[C@H]3C[C@H](N)[C@]12C. The van der Waals surface area contributed by atoms with E-state index < -0.39 is 11.4 Å². The number of ketones is 3. The minimum absolute atomic E-state index is 0. The number of ether oxygens (including phenoxy) is 2. The van der Waals surface area contributed by atoms with Crippen LogP contribution in [0.25, 0.3) is 0 Å². The molecule has 0 aromatic carbocycles. The number of carboxylic acid groups (broad SMARTS) is 1. The van der Waals surface area contributed by atoms with Crippen LogP contribution in [0.5, 0.6) is 0 Å². The molecular formula is C77H130N6O12. The molecule has 0 unspecified atom stereocenters. The number of fused-ring (bicyclic) bond motifs is 15. The number of hydrogen-bond donors (Lipinski definition) is 7. The van der Waals surface area contributed by atoms with Gasteiger partial charge in [0, 0.05) is 85.7 Å². The Labute approximate surface area is 570 Å². The van der Waals surface area contributed by atoms with Gasteiger partial charge in [0.15, 0.2) is 0 Å². The summed E-state index contributed by atoms with van der Waals surface area (Å²) in [5, 5.41) is 50.1. The first-order chi connectivity index (χ1) is 43.4. The number of esters is 2. The number of hydrogen-bond acceptors (Lipinski definition) is 17. The number of carbonyl (C=O) groups is 6. The van der Waals surface area contributed by atoms with Crippen LogP contribution < -0.4 is 17.2 Å². The number of carboxylic acids is 1. The first-order valence-corrected chi connectivity index (χ1v) is 36.3. The van der Waals surface area contributed by atoms with Crippen molar-refractivity contribution in [2.45, 2.75) is 276 Å². The van der Waals surface area contributed by atoms with Crippen molar-refractivity contribution in [1.82, 2.24) is 0 Å². The Morgan fingerprint density at radius 2 is 1.06 bits per heavy atom. The maximum absolute atomic E-state index is 13.7. The molecule has 0 bridgehead atoms. The summed E-state index contributed by atoms with van der Waals surface area (Å²) in [4.78, 5) is 73.6. The third-order valence-corrected chi connectivity index (χ3v) is 30.9. The number of oxime groups is 3. The van der Waals surface area contributed by atoms with Crippen LogP contribution in [-0.2, 0) is 38.2 Å². The average Bonchev–Trinajstić information content (AvgIpc) is 1.70. The summed E-state index contributed by atoms with van der Waals surface area (Å²) in [5.41, 5.74) is 22.4. The van der Waals surface area contributed by atoms with Gasteiger partial charge >= 0.3 is 17.9 Å². The van der Waals surface area contributed by atoms with Crippen molar-refractivity contribution in [2.75, 3.05) is 14.2 Å². The second kappa shape index (κ2) is 29.9. The van der Waals surface area contributed by atoms with E-state index in [1.807, 2.05) is 0 Å². The Bertz CT molecular complexity index is 2880. The van der Waals surface area contributed by atoms with Crippen molar-refractivity contribution in [3.8, 4) is 0 Å². The van der Waals surface area contributed by atoms with E-state index in [-0.39, 0.29) is 145 Å². The lowest BCUT2D eigenvalue weighted by Crippen LogP contribution is -2.65. The number of rotatable bonds is 12. The molecule has 12 aliphatic rings. The van der Waals surface area contributed by atoms with Crippen LogP contribution in [-0.4, -0.2) is 105 Å². The van der Waals surface area contributed by atoms with Gasteiger partial charge in [-0.15, -0.1) is 0 Å². The van der Waals surface area contributed by atoms with Gasteiger partial charge in [-0.2, -0.15) is 0 Å². The van der Waals surface area contributed by atoms with E-state index in [0.29, 0.717) is 116 Å². The molecule has 18 heteroatoms. The molecule has 540 valence electrons. The highest BCUT2D eigenvalue weighted by Gasteiger charge is 2.69. The molecule has 0 spiro atoms. The second-order valence-electron chi connectivity index (χ2n) is 34.2. The number of Topliss-reactive ketones (excluding diaryl/α,β-unsaturated/α-hetero) is 3. The van der Waals surface area contributed by atoms with Crippen LogP contribution in [0.4, 0.5) is 0 Å². The van der Waals surface area contributed by atoms with E-state index in [4.69, 9.17) is 31.8 Å². The van der Waals surface area contributed by atoms with Gasteiger partial charge in [0.2, 0.25) is 0 Å². The van der Waals surface area contributed by atoms with Crippen LogP contribution in [0.3, 0.4) is 0 Å². The molecule has 12 fully saturated rings. The lowest BCUT2D eigenvalue weighted by atomic mass is 9.42. The molecule has 0 amide bonds.